The van der Waals surface area contributed by atoms with E-state index >= 15 is 0 Å². The summed E-state index contributed by atoms with van der Waals surface area (Å²) in [6, 6.07) is 17.7. The number of nitrogens with zero attached hydrogens (tertiary/aromatic N) is 6. The van der Waals surface area contributed by atoms with Crippen LogP contribution in [0.4, 0.5) is 5.69 Å². The number of pyridine rings is 1. The summed E-state index contributed by atoms with van der Waals surface area (Å²) in [5.41, 5.74) is 12.5. The Morgan fingerprint density at radius 2 is 1.98 bits per heavy atom. The van der Waals surface area contributed by atoms with Crippen molar-refractivity contribution in [1.82, 2.24) is 29.4 Å². The maximum absolute atomic E-state index is 13.3. The first-order chi connectivity index (χ1) is 20.8. The number of aryl methyl sites for hydroxylation is 2. The van der Waals surface area contributed by atoms with Crippen molar-refractivity contribution in [2.24, 2.45) is 17.8 Å². The minimum absolute atomic E-state index is 0.171. The molecular formula is C32H34N8O2S. The molecule has 0 fully saturated rings. The normalized spacial score (nSPS) is 11.6. The summed E-state index contributed by atoms with van der Waals surface area (Å²) in [7, 11) is 1.90. The Balaban J connectivity index is 1.45. The molecular weight excluding hydrogens is 560 g/mol. The summed E-state index contributed by atoms with van der Waals surface area (Å²) < 4.78 is 3.71. The van der Waals surface area contributed by atoms with Gasteiger partial charge in [0.05, 0.1) is 11.4 Å². The number of fused-ring (bicyclic) bond motifs is 1. The Morgan fingerprint density at radius 1 is 1.12 bits per heavy atom. The third-order valence-electron chi connectivity index (χ3n) is 7.02. The molecule has 0 radical (unpaired) electrons. The molecule has 11 heteroatoms. The number of carbonyl (C=O) groups is 2. The summed E-state index contributed by atoms with van der Waals surface area (Å²) in [5, 5.41) is 7.55. The second kappa shape index (κ2) is 13.5. The van der Waals surface area contributed by atoms with E-state index in [1.807, 2.05) is 91.6 Å². The summed E-state index contributed by atoms with van der Waals surface area (Å²) in [4.78, 5) is 36.5. The predicted octanol–water partition coefficient (Wildman–Crippen LogP) is 4.73. The molecule has 2 amide bonds. The Bertz CT molecular complexity index is 1790. The molecule has 0 atom stereocenters. The Morgan fingerprint density at radius 3 is 2.74 bits per heavy atom. The number of nitrogens with one attached hydrogen (secondary N) is 1. The zero-order chi connectivity index (χ0) is 30.3. The summed E-state index contributed by atoms with van der Waals surface area (Å²) >= 11 is 1.66. The van der Waals surface area contributed by atoms with Gasteiger partial charge in [-0.15, -0.1) is 11.8 Å². The van der Waals surface area contributed by atoms with E-state index in [0.717, 1.165) is 50.6 Å². The molecule has 0 spiro atoms. The first-order valence-electron chi connectivity index (χ1n) is 13.9. The third-order valence-corrected chi connectivity index (χ3v) is 8.12. The molecule has 0 aliphatic rings. The van der Waals surface area contributed by atoms with Crippen LogP contribution >= 0.6 is 11.8 Å². The molecule has 5 rings (SSSR count). The van der Waals surface area contributed by atoms with Crippen LogP contribution in [0.1, 0.15) is 34.1 Å². The fraction of sp³-hybridized carbons (Fsp3) is 0.219. The summed E-state index contributed by atoms with van der Waals surface area (Å²) in [6.07, 6.45) is 8.22. The second-order valence-corrected chi connectivity index (χ2v) is 11.2. The molecule has 0 saturated carbocycles. The average molecular weight is 595 g/mol. The lowest BCUT2D eigenvalue weighted by molar-refractivity contribution is -0.114. The fourth-order valence-corrected chi connectivity index (χ4v) is 5.58. The average Bonchev–Trinajstić information content (AvgIpc) is 3.66. The van der Waals surface area contributed by atoms with Crippen LogP contribution in [0.3, 0.4) is 0 Å². The van der Waals surface area contributed by atoms with Crippen molar-refractivity contribution in [2.75, 3.05) is 13.1 Å². The molecule has 2 aromatic carbocycles. The minimum atomic E-state index is -0.171. The van der Waals surface area contributed by atoms with Crippen molar-refractivity contribution in [1.29, 1.82) is 0 Å². The van der Waals surface area contributed by atoms with E-state index in [1.165, 1.54) is 4.90 Å². The maximum Gasteiger partial charge on any atom is 0.251 e. The van der Waals surface area contributed by atoms with Crippen LogP contribution < -0.4 is 11.1 Å². The van der Waals surface area contributed by atoms with Gasteiger partial charge in [0.2, 0.25) is 6.41 Å². The number of hydrogen-bond donors (Lipinski definition) is 2. The van der Waals surface area contributed by atoms with Gasteiger partial charge >= 0.3 is 0 Å². The number of amides is 2. The highest BCUT2D eigenvalue weighted by Crippen LogP contribution is 2.36. The van der Waals surface area contributed by atoms with Crippen molar-refractivity contribution in [3.8, 4) is 11.1 Å². The topological polar surface area (TPSA) is 123 Å². The highest BCUT2D eigenvalue weighted by molar-refractivity contribution is 7.98. The smallest absolute Gasteiger partial charge is 0.251 e. The minimum Gasteiger partial charge on any atom is -0.348 e. The van der Waals surface area contributed by atoms with Gasteiger partial charge in [0, 0.05) is 67.7 Å². The van der Waals surface area contributed by atoms with Crippen LogP contribution in [0.15, 0.2) is 89.3 Å². The standard InChI is InChI=1S/C32H34N8O2S/c1-22-4-5-25(18-29(22)36-23(2)40(21-41)14-10-33)28-17-26(6-7-30(28)43-20-27-9-12-38(3)37-27)32(42)35-19-24-8-13-39-15-11-34-31(39)16-24/h4-9,11-13,15-18,21H,10,14,19-20,33H2,1-3H3,(H,35,42). The van der Waals surface area contributed by atoms with Crippen molar-refractivity contribution in [2.45, 2.75) is 31.0 Å². The quantitative estimate of drug-likeness (QED) is 0.0987. The third kappa shape index (κ3) is 7.19. The van der Waals surface area contributed by atoms with Gasteiger partial charge in [-0.2, -0.15) is 5.10 Å². The van der Waals surface area contributed by atoms with Crippen molar-refractivity contribution >= 4 is 41.2 Å². The number of aromatic nitrogens is 4. The van der Waals surface area contributed by atoms with Crippen molar-refractivity contribution < 1.29 is 9.59 Å². The maximum atomic E-state index is 13.3. The van der Waals surface area contributed by atoms with Gasteiger partial charge in [-0.3, -0.25) is 14.3 Å². The molecule has 0 unspecified atom stereocenters. The number of benzene rings is 2. The van der Waals surface area contributed by atoms with E-state index < -0.39 is 0 Å². The zero-order valence-corrected chi connectivity index (χ0v) is 25.2. The molecule has 3 aromatic heterocycles. The van der Waals surface area contributed by atoms with Crippen LogP contribution in [0.25, 0.3) is 16.8 Å². The van der Waals surface area contributed by atoms with E-state index in [2.05, 4.69) is 15.4 Å². The van der Waals surface area contributed by atoms with Crippen LogP contribution in [0, 0.1) is 6.92 Å². The van der Waals surface area contributed by atoms with E-state index in [1.54, 1.807) is 29.6 Å². The summed E-state index contributed by atoms with van der Waals surface area (Å²) in [6.45, 7) is 4.88. The molecule has 220 valence electrons. The first kappa shape index (κ1) is 29.7. The molecule has 10 nitrogen and oxygen atoms in total. The van der Waals surface area contributed by atoms with Gasteiger partial charge in [0.1, 0.15) is 11.5 Å². The molecule has 3 N–H and O–H groups in total. The van der Waals surface area contributed by atoms with E-state index in [4.69, 9.17) is 10.7 Å². The molecule has 0 aliphatic heterocycles. The number of rotatable bonds is 11. The lowest BCUT2D eigenvalue weighted by atomic mass is 10.0. The van der Waals surface area contributed by atoms with Crippen molar-refractivity contribution in [3.05, 3.63) is 102 Å². The molecule has 0 bridgehead atoms. The molecule has 0 aliphatic carbocycles. The van der Waals surface area contributed by atoms with E-state index in [0.29, 0.717) is 36.8 Å². The van der Waals surface area contributed by atoms with Gasteiger partial charge in [-0.05, 0) is 78.6 Å². The Kier molecular flexibility index (Phi) is 9.33. The van der Waals surface area contributed by atoms with Gasteiger partial charge in [-0.25, -0.2) is 9.98 Å². The van der Waals surface area contributed by atoms with Crippen molar-refractivity contribution in [3.63, 3.8) is 0 Å². The highest BCUT2D eigenvalue weighted by atomic mass is 32.2. The number of imidazole rings is 1. The molecule has 3 heterocycles. The van der Waals surface area contributed by atoms with Gasteiger partial charge < -0.3 is 20.4 Å². The lowest BCUT2D eigenvalue weighted by Gasteiger charge is -2.17. The largest absolute Gasteiger partial charge is 0.348 e. The first-order valence-corrected chi connectivity index (χ1v) is 14.9. The van der Waals surface area contributed by atoms with Gasteiger partial charge in [0.15, 0.2) is 0 Å². The fourth-order valence-electron chi connectivity index (χ4n) is 4.63. The number of thioether (sulfide) groups is 1. The number of aliphatic imine (C=N–C) groups is 1. The van der Waals surface area contributed by atoms with Crippen LogP contribution in [-0.2, 0) is 24.1 Å². The lowest BCUT2D eigenvalue weighted by Crippen LogP contribution is -2.32. The number of nitrogens with two attached hydrogens (primary N) is 1. The van der Waals surface area contributed by atoms with E-state index in [-0.39, 0.29) is 5.91 Å². The van der Waals surface area contributed by atoms with Crippen LogP contribution in [0.5, 0.6) is 0 Å². The molecule has 43 heavy (non-hydrogen) atoms. The van der Waals surface area contributed by atoms with Crippen LogP contribution in [-0.4, -0.2) is 55.3 Å². The Labute approximate surface area is 254 Å². The molecule has 5 aromatic rings. The Hall–Kier alpha value is -4.74. The monoisotopic (exact) mass is 594 g/mol. The number of carbonyl (C=O) groups excluding carboxylic acids is 2. The number of hydrogen-bond acceptors (Lipinski definition) is 7. The van der Waals surface area contributed by atoms with Crippen LogP contribution in [0.2, 0.25) is 0 Å². The summed E-state index contributed by atoms with van der Waals surface area (Å²) in [5.74, 6) is 1.07. The number of amidine groups is 1. The predicted molar refractivity (Wildman–Crippen MR) is 170 cm³/mol. The highest BCUT2D eigenvalue weighted by Gasteiger charge is 2.15. The zero-order valence-electron chi connectivity index (χ0n) is 24.4. The second-order valence-electron chi connectivity index (χ2n) is 10.1. The SMILES string of the molecule is CC(=Nc1cc(-c2cc(C(=O)NCc3ccn4ccnc4c3)ccc2SCc2ccn(C)n2)ccc1C)N(C=O)CCN. The van der Waals surface area contributed by atoms with Gasteiger partial charge in [-0.1, -0.05) is 12.1 Å². The van der Waals surface area contributed by atoms with E-state index in [9.17, 15) is 9.59 Å². The molecule has 0 saturated heterocycles. The van der Waals surface area contributed by atoms with Gasteiger partial charge in [0.25, 0.3) is 5.91 Å².